The molecule has 28 aromatic rings. The molecule has 22 aromatic carbocycles. The third-order valence-electron chi connectivity index (χ3n) is 26.7. The fourth-order valence-corrected chi connectivity index (χ4v) is 19.9. The first-order valence-electron chi connectivity index (χ1n) is 47.2. The van der Waals surface area contributed by atoms with Gasteiger partial charge in [0.2, 0.25) is 0 Å². The molecule has 6 heterocycles. The maximum Gasteiger partial charge on any atom is 0.164 e. The molecule has 0 amide bonds. The van der Waals surface area contributed by atoms with Gasteiger partial charge in [0.25, 0.3) is 0 Å². The van der Waals surface area contributed by atoms with E-state index in [4.69, 9.17) is 58.1 Å². The zero-order valence-corrected chi connectivity index (χ0v) is 75.9. The van der Waals surface area contributed by atoms with Gasteiger partial charge in [0, 0.05) is 82.4 Å². The minimum absolute atomic E-state index is 0.628. The second kappa shape index (κ2) is 35.3. The summed E-state index contributed by atoms with van der Waals surface area (Å²) in [5, 5.41) is 20.1. The number of hydrogen-bond donors (Lipinski definition) is 0. The largest absolute Gasteiger partial charge is 0.456 e. The summed E-state index contributed by atoms with van der Waals surface area (Å²) >= 11 is 0. The summed E-state index contributed by atoms with van der Waals surface area (Å²) in [5.74, 6) is 5.71. The van der Waals surface area contributed by atoms with Gasteiger partial charge in [0.05, 0.1) is 0 Å². The van der Waals surface area contributed by atoms with Crippen LogP contribution in [0.15, 0.2) is 492 Å². The minimum atomic E-state index is 0.628. The molecule has 658 valence electrons. The van der Waals surface area contributed by atoms with Crippen LogP contribution in [-0.4, -0.2) is 44.9 Å². The molecule has 0 atom stereocenters. The third kappa shape index (κ3) is 15.6. The number of nitrogens with zero attached hydrogens (tertiary/aromatic N) is 9. The Morgan fingerprint density at radius 3 is 0.645 bits per heavy atom. The molecule has 0 aliphatic heterocycles. The van der Waals surface area contributed by atoms with Crippen LogP contribution >= 0.6 is 0 Å². The Hall–Kier alpha value is -19.2. The standard InChI is InChI=1S/C45H27N3O.C43H27N3O.C41H25N3O/c1-3-12-30-24-33(22-20-28(30)10-1)43-46-44(34-23-21-29-11-2-4-13-31(29)25-34)48-45(47-43)39-27-35(26-32-14-5-6-15-36(32)39)37-17-9-19-41-42(37)38-16-7-8-18-40(38)49-41;1-3-12-28(13-4-1)29-22-24-31(25-23-29)42-44-41(30-14-5-2-6-15-30)45-43(46-42)37-27-33(26-32-16-7-8-17-34(32)37)35-19-11-21-39-40(35)36-18-9-10-20-38(36)47-39;1-2-12-27(13-3-1)39-42-40(30-22-21-26-11-4-5-14-28(26)23-30)44-41(43-39)35-25-31(24-29-15-6-7-16-32(29)35)33-18-10-20-37-38(33)34-17-8-9-19-36(34)45-37/h1-27H;1-27H;1-25H. The van der Waals surface area contributed by atoms with Crippen LogP contribution in [0, 0.1) is 0 Å². The molecule has 0 fully saturated rings. The van der Waals surface area contributed by atoms with Gasteiger partial charge in [0.15, 0.2) is 52.4 Å². The molecule has 12 nitrogen and oxygen atoms in total. The Bertz CT molecular complexity index is 9690. The highest BCUT2D eigenvalue weighted by Gasteiger charge is 2.25. The quantitative estimate of drug-likeness (QED) is 0.108. The fourth-order valence-electron chi connectivity index (χ4n) is 19.9. The van der Waals surface area contributed by atoms with Gasteiger partial charge < -0.3 is 13.3 Å². The number of furan rings is 3. The summed E-state index contributed by atoms with van der Waals surface area (Å²) < 4.78 is 18.8. The first-order valence-corrected chi connectivity index (χ1v) is 47.2. The summed E-state index contributed by atoms with van der Waals surface area (Å²) in [6.07, 6.45) is 0. The molecule has 0 unspecified atom stereocenters. The van der Waals surface area contributed by atoms with Crippen molar-refractivity contribution in [2.45, 2.75) is 0 Å². The van der Waals surface area contributed by atoms with E-state index in [1.165, 1.54) is 21.7 Å². The predicted molar refractivity (Wildman–Crippen MR) is 577 cm³/mol. The van der Waals surface area contributed by atoms with Crippen LogP contribution in [0.2, 0.25) is 0 Å². The fraction of sp³-hybridized carbons (Fsp3) is 0. The summed E-state index contributed by atoms with van der Waals surface area (Å²) in [5.41, 5.74) is 22.6. The van der Waals surface area contributed by atoms with Gasteiger partial charge in [-0.15, -0.1) is 0 Å². The van der Waals surface area contributed by atoms with E-state index in [9.17, 15) is 0 Å². The monoisotopic (exact) mass is 1800 g/mol. The van der Waals surface area contributed by atoms with Crippen molar-refractivity contribution >= 4 is 130 Å². The van der Waals surface area contributed by atoms with E-state index >= 15 is 0 Å². The van der Waals surface area contributed by atoms with Crippen LogP contribution in [0.1, 0.15) is 0 Å². The van der Waals surface area contributed by atoms with Crippen molar-refractivity contribution in [1.82, 2.24) is 44.9 Å². The third-order valence-corrected chi connectivity index (χ3v) is 26.7. The van der Waals surface area contributed by atoms with E-state index < -0.39 is 0 Å². The number of benzene rings is 22. The van der Waals surface area contributed by atoms with E-state index in [1.54, 1.807) is 0 Å². The predicted octanol–water partition coefficient (Wildman–Crippen LogP) is 33.9. The molecule has 0 saturated heterocycles. The summed E-state index contributed by atoms with van der Waals surface area (Å²) in [4.78, 5) is 46.1. The van der Waals surface area contributed by atoms with Crippen LogP contribution in [0.25, 0.3) is 277 Å². The number of rotatable bonds is 13. The van der Waals surface area contributed by atoms with E-state index in [2.05, 4.69) is 358 Å². The lowest BCUT2D eigenvalue weighted by atomic mass is 9.93. The van der Waals surface area contributed by atoms with E-state index in [0.717, 1.165) is 203 Å². The van der Waals surface area contributed by atoms with Crippen molar-refractivity contribution in [1.29, 1.82) is 0 Å². The zero-order valence-electron chi connectivity index (χ0n) is 75.9. The second-order valence-corrected chi connectivity index (χ2v) is 35.3. The summed E-state index contributed by atoms with van der Waals surface area (Å²) in [6, 6.07) is 166. The van der Waals surface area contributed by atoms with Gasteiger partial charge in [-0.25, -0.2) is 44.9 Å². The number of hydrogen-bond acceptors (Lipinski definition) is 12. The van der Waals surface area contributed by atoms with Crippen LogP contribution in [-0.2, 0) is 0 Å². The maximum atomic E-state index is 6.27. The molecule has 0 N–H and O–H groups in total. The maximum absolute atomic E-state index is 6.27. The molecule has 0 radical (unpaired) electrons. The molecular formula is C129H79N9O3. The van der Waals surface area contributed by atoms with E-state index in [-0.39, 0.29) is 0 Å². The summed E-state index contributed by atoms with van der Waals surface area (Å²) in [6.45, 7) is 0. The normalized spacial score (nSPS) is 11.5. The van der Waals surface area contributed by atoms with Crippen molar-refractivity contribution in [3.63, 3.8) is 0 Å². The SMILES string of the molecule is c1ccc(-c2ccc(-c3nc(-c4ccccc4)nc(-c4cc(-c5cccc6oc7ccccc7c56)cc5ccccc45)n3)cc2)cc1.c1ccc(-c2nc(-c3ccc4ccccc4c3)nc(-c3cc(-c4cccc5oc6ccccc6c45)cc4ccccc34)n2)cc1.c1ccc2cc(-c3nc(-c4ccc5ccccc5c4)nc(-c4cc(-c5cccc6oc7ccccc7c56)cc5ccccc45)n3)ccc2c1. The van der Waals surface area contributed by atoms with Crippen molar-refractivity contribution < 1.29 is 13.3 Å². The molecule has 141 heavy (non-hydrogen) atoms. The Kier molecular flexibility index (Phi) is 20.6. The smallest absolute Gasteiger partial charge is 0.164 e. The Morgan fingerprint density at radius 1 is 0.113 bits per heavy atom. The summed E-state index contributed by atoms with van der Waals surface area (Å²) in [7, 11) is 0. The second-order valence-electron chi connectivity index (χ2n) is 35.3. The molecule has 0 aliphatic rings. The molecule has 6 aromatic heterocycles. The highest BCUT2D eigenvalue weighted by atomic mass is 16.3. The topological polar surface area (TPSA) is 155 Å². The first-order chi connectivity index (χ1) is 69.8. The molecule has 0 spiro atoms. The highest BCUT2D eigenvalue weighted by molar-refractivity contribution is 6.17. The molecule has 0 bridgehead atoms. The number of fused-ring (bicyclic) bond motifs is 15. The van der Waals surface area contributed by atoms with Gasteiger partial charge in [-0.2, -0.15) is 0 Å². The van der Waals surface area contributed by atoms with Crippen molar-refractivity contribution in [3.8, 4) is 147 Å². The van der Waals surface area contributed by atoms with Crippen LogP contribution < -0.4 is 0 Å². The molecule has 0 aliphatic carbocycles. The zero-order chi connectivity index (χ0) is 93.2. The molecular weight excluding hydrogens is 1720 g/mol. The van der Waals surface area contributed by atoms with Gasteiger partial charge in [0.1, 0.15) is 33.5 Å². The van der Waals surface area contributed by atoms with Gasteiger partial charge >= 0.3 is 0 Å². The lowest BCUT2D eigenvalue weighted by molar-refractivity contribution is 0.668. The Morgan fingerprint density at radius 2 is 0.326 bits per heavy atom. The van der Waals surface area contributed by atoms with Crippen LogP contribution in [0.3, 0.4) is 0 Å². The molecule has 28 rings (SSSR count). The lowest BCUT2D eigenvalue weighted by Gasteiger charge is -2.13. The Balaban J connectivity index is 0.000000109. The van der Waals surface area contributed by atoms with E-state index in [0.29, 0.717) is 52.4 Å². The molecule has 12 heteroatoms. The van der Waals surface area contributed by atoms with Crippen LogP contribution in [0.4, 0.5) is 0 Å². The van der Waals surface area contributed by atoms with Crippen molar-refractivity contribution in [3.05, 3.63) is 479 Å². The first kappa shape index (κ1) is 82.5. The average Bonchev–Trinajstić information content (AvgIpc) is 1.70. The molecule has 0 saturated carbocycles. The van der Waals surface area contributed by atoms with Gasteiger partial charge in [-0.1, -0.05) is 388 Å². The van der Waals surface area contributed by atoms with Crippen LogP contribution in [0.5, 0.6) is 0 Å². The lowest BCUT2D eigenvalue weighted by Crippen LogP contribution is -2.01. The minimum Gasteiger partial charge on any atom is -0.456 e. The van der Waals surface area contributed by atoms with E-state index in [1.807, 2.05) is 121 Å². The Labute approximate surface area is 809 Å². The number of aromatic nitrogens is 9. The van der Waals surface area contributed by atoms with Gasteiger partial charge in [-0.3, -0.25) is 0 Å². The average molecular weight is 1800 g/mol. The van der Waals surface area contributed by atoms with Crippen molar-refractivity contribution in [2.75, 3.05) is 0 Å². The highest BCUT2D eigenvalue weighted by Crippen LogP contribution is 2.47. The van der Waals surface area contributed by atoms with Crippen molar-refractivity contribution in [2.24, 2.45) is 0 Å². The van der Waals surface area contributed by atoms with Gasteiger partial charge in [-0.05, 0) is 200 Å². The number of para-hydroxylation sites is 3.